The highest BCUT2D eigenvalue weighted by Gasteiger charge is 2.14. The van der Waals surface area contributed by atoms with E-state index in [1.807, 2.05) is 54.1 Å². The van der Waals surface area contributed by atoms with Crippen molar-refractivity contribution in [1.29, 1.82) is 0 Å². The van der Waals surface area contributed by atoms with E-state index >= 15 is 0 Å². The molecule has 1 N–H and O–H groups in total. The van der Waals surface area contributed by atoms with E-state index in [0.717, 1.165) is 27.7 Å². The fourth-order valence-electron chi connectivity index (χ4n) is 2.43. The van der Waals surface area contributed by atoms with Crippen LogP contribution in [0, 0.1) is 0 Å². The van der Waals surface area contributed by atoms with Gasteiger partial charge in [-0.25, -0.2) is 4.68 Å². The lowest BCUT2D eigenvalue weighted by atomic mass is 10.2. The summed E-state index contributed by atoms with van der Waals surface area (Å²) in [5.41, 5.74) is 1.94. The molecule has 0 unspecified atom stereocenters. The van der Waals surface area contributed by atoms with Crippen LogP contribution in [0.2, 0.25) is 0 Å². The summed E-state index contributed by atoms with van der Waals surface area (Å²) >= 11 is 4.85. The van der Waals surface area contributed by atoms with Gasteiger partial charge >= 0.3 is 0 Å². The van der Waals surface area contributed by atoms with Crippen molar-refractivity contribution in [2.45, 2.75) is 36.4 Å². The van der Waals surface area contributed by atoms with Gasteiger partial charge in [0.1, 0.15) is 0 Å². The van der Waals surface area contributed by atoms with Crippen LogP contribution in [-0.4, -0.2) is 20.7 Å². The number of carbonyl (C=O) groups is 1. The number of halogens is 1. The summed E-state index contributed by atoms with van der Waals surface area (Å²) in [6, 6.07) is 17.9. The average molecular weight is 431 g/mol. The molecule has 0 aliphatic heterocycles. The number of nitrogens with zero attached hydrogens (tertiary/aromatic N) is 3. The fourth-order valence-corrected chi connectivity index (χ4v) is 3.83. The quantitative estimate of drug-likeness (QED) is 0.573. The summed E-state index contributed by atoms with van der Waals surface area (Å²) in [6.07, 6.45) is 1.33. The van der Waals surface area contributed by atoms with Gasteiger partial charge in [-0.1, -0.05) is 49.4 Å². The van der Waals surface area contributed by atoms with Crippen molar-refractivity contribution in [2.75, 3.05) is 5.32 Å². The van der Waals surface area contributed by atoms with E-state index in [1.54, 1.807) is 0 Å². The Morgan fingerprint density at radius 2 is 1.88 bits per heavy atom. The standard InChI is InChI=1S/C19H19BrN4OS/c1-2-8-17(25)21-15-11-6-7-12-16(15)26-19-22-18(20)23-24(19)13-14-9-4-3-5-10-14/h3-7,9-12H,2,8,13H2,1H3,(H,21,25). The van der Waals surface area contributed by atoms with Gasteiger partial charge in [-0.3, -0.25) is 4.79 Å². The fraction of sp³-hybridized carbons (Fsp3) is 0.211. The Hall–Kier alpha value is -2.12. The van der Waals surface area contributed by atoms with Gasteiger partial charge in [-0.2, -0.15) is 4.98 Å². The molecule has 0 atom stereocenters. The van der Waals surface area contributed by atoms with Crippen molar-refractivity contribution in [3.05, 3.63) is 64.9 Å². The highest BCUT2D eigenvalue weighted by Crippen LogP contribution is 2.33. The van der Waals surface area contributed by atoms with Gasteiger partial charge in [0, 0.05) is 11.3 Å². The second-order valence-electron chi connectivity index (χ2n) is 5.70. The molecule has 3 rings (SSSR count). The number of amides is 1. The molecule has 7 heteroatoms. The van der Waals surface area contributed by atoms with Crippen LogP contribution in [0.25, 0.3) is 0 Å². The maximum absolute atomic E-state index is 12.0. The number of aromatic nitrogens is 3. The van der Waals surface area contributed by atoms with Crippen molar-refractivity contribution in [2.24, 2.45) is 0 Å². The summed E-state index contributed by atoms with van der Waals surface area (Å²) in [6.45, 7) is 2.62. The number of para-hydroxylation sites is 1. The lowest BCUT2D eigenvalue weighted by Gasteiger charge is -2.11. The van der Waals surface area contributed by atoms with Crippen molar-refractivity contribution in [3.8, 4) is 0 Å². The van der Waals surface area contributed by atoms with Crippen LogP contribution < -0.4 is 5.32 Å². The van der Waals surface area contributed by atoms with Crippen molar-refractivity contribution in [1.82, 2.24) is 14.8 Å². The molecule has 3 aromatic rings. The number of benzene rings is 2. The van der Waals surface area contributed by atoms with E-state index in [2.05, 4.69) is 43.5 Å². The highest BCUT2D eigenvalue weighted by molar-refractivity contribution is 9.10. The highest BCUT2D eigenvalue weighted by atomic mass is 79.9. The third kappa shape index (κ3) is 4.95. The maximum Gasteiger partial charge on any atom is 0.224 e. The van der Waals surface area contributed by atoms with E-state index in [4.69, 9.17) is 0 Å². The minimum atomic E-state index is 0.0208. The number of rotatable bonds is 7. The Kier molecular flexibility index (Phi) is 6.46. The second kappa shape index (κ2) is 9.00. The van der Waals surface area contributed by atoms with E-state index in [1.165, 1.54) is 11.8 Å². The van der Waals surface area contributed by atoms with Gasteiger partial charge in [-0.15, -0.1) is 5.10 Å². The van der Waals surface area contributed by atoms with Crippen LogP contribution >= 0.6 is 27.7 Å². The smallest absolute Gasteiger partial charge is 0.224 e. The van der Waals surface area contributed by atoms with Crippen LogP contribution in [0.3, 0.4) is 0 Å². The molecule has 134 valence electrons. The van der Waals surface area contributed by atoms with E-state index in [-0.39, 0.29) is 5.91 Å². The third-order valence-corrected chi connectivity index (χ3v) is 5.02. The molecular formula is C19H19BrN4OS. The Bertz CT molecular complexity index is 882. The first-order chi connectivity index (χ1) is 12.7. The summed E-state index contributed by atoms with van der Waals surface area (Å²) in [4.78, 5) is 17.4. The molecule has 0 bridgehead atoms. The molecule has 0 fully saturated rings. The summed E-state index contributed by atoms with van der Waals surface area (Å²) < 4.78 is 2.40. The van der Waals surface area contributed by atoms with Gasteiger partial charge in [-0.05, 0) is 51.8 Å². The van der Waals surface area contributed by atoms with E-state index in [0.29, 0.717) is 17.7 Å². The van der Waals surface area contributed by atoms with Gasteiger partial charge in [0.15, 0.2) is 5.16 Å². The average Bonchev–Trinajstić information content (AvgIpc) is 2.97. The third-order valence-electron chi connectivity index (χ3n) is 3.63. The lowest BCUT2D eigenvalue weighted by Crippen LogP contribution is -2.11. The normalized spacial score (nSPS) is 10.7. The zero-order chi connectivity index (χ0) is 18.4. The summed E-state index contributed by atoms with van der Waals surface area (Å²) in [5, 5.41) is 8.18. The first-order valence-corrected chi connectivity index (χ1v) is 9.97. The molecule has 1 heterocycles. The van der Waals surface area contributed by atoms with Crippen molar-refractivity contribution >= 4 is 39.3 Å². The molecule has 2 aromatic carbocycles. The van der Waals surface area contributed by atoms with Crippen molar-refractivity contribution < 1.29 is 4.79 Å². The largest absolute Gasteiger partial charge is 0.325 e. The monoisotopic (exact) mass is 430 g/mol. The van der Waals surface area contributed by atoms with Crippen LogP contribution in [-0.2, 0) is 11.3 Å². The minimum absolute atomic E-state index is 0.0208. The second-order valence-corrected chi connectivity index (χ2v) is 7.42. The van der Waals surface area contributed by atoms with Gasteiger partial charge in [0.2, 0.25) is 10.6 Å². The van der Waals surface area contributed by atoms with E-state index < -0.39 is 0 Å². The minimum Gasteiger partial charge on any atom is -0.325 e. The Morgan fingerprint density at radius 3 is 2.65 bits per heavy atom. The molecule has 0 spiro atoms. The van der Waals surface area contributed by atoms with Crippen LogP contribution in [0.1, 0.15) is 25.3 Å². The van der Waals surface area contributed by atoms with Crippen molar-refractivity contribution in [3.63, 3.8) is 0 Å². The molecule has 0 saturated heterocycles. The molecule has 0 aliphatic rings. The first-order valence-electron chi connectivity index (χ1n) is 8.36. The Labute approximate surface area is 165 Å². The van der Waals surface area contributed by atoms with Gasteiger partial charge < -0.3 is 5.32 Å². The number of hydrogen-bond acceptors (Lipinski definition) is 4. The SMILES string of the molecule is CCCC(=O)Nc1ccccc1Sc1nc(Br)nn1Cc1ccccc1. The number of anilines is 1. The Morgan fingerprint density at radius 1 is 1.15 bits per heavy atom. The molecule has 0 saturated carbocycles. The van der Waals surface area contributed by atoms with Crippen LogP contribution in [0.5, 0.6) is 0 Å². The van der Waals surface area contributed by atoms with Crippen LogP contribution in [0.15, 0.2) is 69.4 Å². The molecular weight excluding hydrogens is 412 g/mol. The molecule has 1 amide bonds. The number of carbonyl (C=O) groups excluding carboxylic acids is 1. The summed E-state index contributed by atoms with van der Waals surface area (Å²) in [5.74, 6) is 0.0208. The topological polar surface area (TPSA) is 59.8 Å². The van der Waals surface area contributed by atoms with Gasteiger partial charge in [0.25, 0.3) is 0 Å². The van der Waals surface area contributed by atoms with E-state index in [9.17, 15) is 4.79 Å². The molecule has 1 aromatic heterocycles. The zero-order valence-corrected chi connectivity index (χ0v) is 16.8. The first kappa shape index (κ1) is 18.7. The lowest BCUT2D eigenvalue weighted by molar-refractivity contribution is -0.116. The predicted octanol–water partition coefficient (Wildman–Crippen LogP) is 4.98. The van der Waals surface area contributed by atoms with Crippen LogP contribution in [0.4, 0.5) is 5.69 Å². The molecule has 5 nitrogen and oxygen atoms in total. The number of hydrogen-bond donors (Lipinski definition) is 1. The molecule has 0 radical (unpaired) electrons. The molecule has 0 aliphatic carbocycles. The zero-order valence-electron chi connectivity index (χ0n) is 14.4. The predicted molar refractivity (Wildman–Crippen MR) is 107 cm³/mol. The Balaban J connectivity index is 1.82. The molecule has 26 heavy (non-hydrogen) atoms. The number of nitrogens with one attached hydrogen (secondary N) is 1. The maximum atomic E-state index is 12.0. The summed E-state index contributed by atoms with van der Waals surface area (Å²) in [7, 11) is 0. The van der Waals surface area contributed by atoms with Gasteiger partial charge in [0.05, 0.1) is 12.2 Å².